The zero-order chi connectivity index (χ0) is 20.0. The highest BCUT2D eigenvalue weighted by atomic mass is 28.3. The molecule has 0 saturated heterocycles. The monoisotopic (exact) mass is 382 g/mol. The summed E-state index contributed by atoms with van der Waals surface area (Å²) in [5.41, 5.74) is 5.54. The van der Waals surface area contributed by atoms with Crippen LogP contribution in [0.1, 0.15) is 52.7 Å². The molecule has 0 N–H and O–H groups in total. The molecule has 0 bridgehead atoms. The van der Waals surface area contributed by atoms with Crippen LogP contribution in [0.4, 0.5) is 0 Å². The molecule has 2 nitrogen and oxygen atoms in total. The van der Waals surface area contributed by atoms with Gasteiger partial charge in [0.2, 0.25) is 0 Å². The SMILES string of the molecule is COc1ccc2c(c1)-c1cc(OC)ccc1C[Si](C(C)(C)C)(C(C)(C)C)C2. The standard InChI is InChI=1S/C24H34O2Si/c1-23(2,3)27(24(4,5)6)15-17-9-11-19(25-7)13-21(17)22-14-20(26-8)12-10-18(22)16-27/h9-14H,15-16H2,1-8H3. The van der Waals surface area contributed by atoms with Gasteiger partial charge >= 0.3 is 0 Å². The molecule has 2 aromatic rings. The zero-order valence-corrected chi connectivity index (χ0v) is 19.2. The molecule has 0 aliphatic carbocycles. The molecule has 0 unspecified atom stereocenters. The molecule has 0 aromatic heterocycles. The van der Waals surface area contributed by atoms with Crippen LogP contribution in [0.25, 0.3) is 11.1 Å². The minimum absolute atomic E-state index is 0.296. The molecular weight excluding hydrogens is 348 g/mol. The second kappa shape index (κ2) is 6.70. The van der Waals surface area contributed by atoms with Crippen molar-refractivity contribution in [2.75, 3.05) is 14.2 Å². The Kier molecular flexibility index (Phi) is 4.96. The first-order valence-corrected chi connectivity index (χ1v) is 12.3. The van der Waals surface area contributed by atoms with Crippen LogP contribution in [0.2, 0.25) is 10.1 Å². The third-order valence-corrected chi connectivity index (χ3v) is 14.5. The molecule has 0 radical (unpaired) electrons. The highest BCUT2D eigenvalue weighted by molar-refractivity contribution is 6.84. The van der Waals surface area contributed by atoms with Gasteiger partial charge in [0.1, 0.15) is 11.5 Å². The molecule has 2 aromatic carbocycles. The molecule has 146 valence electrons. The van der Waals surface area contributed by atoms with Crippen LogP contribution in [0, 0.1) is 0 Å². The van der Waals surface area contributed by atoms with E-state index in [0.29, 0.717) is 10.1 Å². The average Bonchev–Trinajstić information content (AvgIpc) is 2.74. The van der Waals surface area contributed by atoms with Crippen LogP contribution in [0.3, 0.4) is 0 Å². The smallest absolute Gasteiger partial charge is 0.119 e. The van der Waals surface area contributed by atoms with E-state index in [1.54, 1.807) is 14.2 Å². The minimum Gasteiger partial charge on any atom is -0.497 e. The van der Waals surface area contributed by atoms with Gasteiger partial charge in [0, 0.05) is 0 Å². The Morgan fingerprint density at radius 3 is 1.33 bits per heavy atom. The van der Waals surface area contributed by atoms with Crippen molar-refractivity contribution in [3.05, 3.63) is 47.5 Å². The van der Waals surface area contributed by atoms with Crippen LogP contribution in [0.15, 0.2) is 36.4 Å². The van der Waals surface area contributed by atoms with Crippen molar-refractivity contribution in [2.45, 2.75) is 63.7 Å². The molecule has 1 aliphatic heterocycles. The third kappa shape index (κ3) is 3.31. The van der Waals surface area contributed by atoms with Crippen LogP contribution < -0.4 is 9.47 Å². The summed E-state index contributed by atoms with van der Waals surface area (Å²) in [6, 6.07) is 15.6. The lowest BCUT2D eigenvalue weighted by Crippen LogP contribution is -2.56. The van der Waals surface area contributed by atoms with Gasteiger partial charge in [-0.3, -0.25) is 0 Å². The van der Waals surface area contributed by atoms with Crippen molar-refractivity contribution in [2.24, 2.45) is 0 Å². The van der Waals surface area contributed by atoms with Gasteiger partial charge in [0.25, 0.3) is 0 Å². The van der Waals surface area contributed by atoms with E-state index in [-0.39, 0.29) is 0 Å². The molecule has 0 fully saturated rings. The lowest BCUT2D eigenvalue weighted by molar-refractivity contribution is 0.414. The van der Waals surface area contributed by atoms with Crippen molar-refractivity contribution >= 4 is 8.07 Å². The zero-order valence-electron chi connectivity index (χ0n) is 18.2. The van der Waals surface area contributed by atoms with Gasteiger partial charge < -0.3 is 9.47 Å². The molecular formula is C24H34O2Si. The summed E-state index contributed by atoms with van der Waals surface area (Å²) >= 11 is 0. The Morgan fingerprint density at radius 1 is 0.667 bits per heavy atom. The number of rotatable bonds is 2. The molecule has 0 saturated carbocycles. The highest BCUT2D eigenvalue weighted by Crippen LogP contribution is 2.56. The molecule has 3 heteroatoms. The lowest BCUT2D eigenvalue weighted by atomic mass is 9.96. The lowest BCUT2D eigenvalue weighted by Gasteiger charge is -2.52. The van der Waals surface area contributed by atoms with E-state index >= 15 is 0 Å². The Balaban J connectivity index is 2.35. The predicted octanol–water partition coefficient (Wildman–Crippen LogP) is 6.60. The number of methoxy groups -OCH3 is 2. The van der Waals surface area contributed by atoms with Crippen LogP contribution in [0.5, 0.6) is 11.5 Å². The summed E-state index contributed by atoms with van der Waals surface area (Å²) < 4.78 is 11.1. The highest BCUT2D eigenvalue weighted by Gasteiger charge is 2.53. The quantitative estimate of drug-likeness (QED) is 0.545. The van der Waals surface area contributed by atoms with Gasteiger partial charge in [-0.2, -0.15) is 0 Å². The Hall–Kier alpha value is -1.74. The molecule has 0 amide bonds. The number of hydrogen-bond acceptors (Lipinski definition) is 2. The van der Waals surface area contributed by atoms with Crippen LogP contribution in [-0.4, -0.2) is 22.3 Å². The predicted molar refractivity (Wildman–Crippen MR) is 118 cm³/mol. The summed E-state index contributed by atoms with van der Waals surface area (Å²) in [5, 5.41) is 0.591. The van der Waals surface area contributed by atoms with Crippen LogP contribution in [-0.2, 0) is 12.1 Å². The second-order valence-electron chi connectivity index (χ2n) is 9.98. The topological polar surface area (TPSA) is 18.5 Å². The Morgan fingerprint density at radius 2 is 1.04 bits per heavy atom. The maximum absolute atomic E-state index is 5.56. The minimum atomic E-state index is -1.78. The van der Waals surface area contributed by atoms with Crippen molar-refractivity contribution < 1.29 is 9.47 Å². The van der Waals surface area contributed by atoms with Crippen LogP contribution >= 0.6 is 0 Å². The van der Waals surface area contributed by atoms with E-state index < -0.39 is 8.07 Å². The van der Waals surface area contributed by atoms with E-state index in [9.17, 15) is 0 Å². The fourth-order valence-electron chi connectivity index (χ4n) is 5.07. The molecule has 1 aliphatic rings. The Labute approximate surface area is 165 Å². The summed E-state index contributed by atoms with van der Waals surface area (Å²) in [6.07, 6.45) is 0. The summed E-state index contributed by atoms with van der Waals surface area (Å²) in [7, 11) is 1.71. The van der Waals surface area contributed by atoms with Crippen molar-refractivity contribution in [1.82, 2.24) is 0 Å². The second-order valence-corrected chi connectivity index (χ2v) is 15.9. The van der Waals surface area contributed by atoms with E-state index in [0.717, 1.165) is 11.5 Å². The van der Waals surface area contributed by atoms with Gasteiger partial charge in [-0.1, -0.05) is 53.7 Å². The van der Waals surface area contributed by atoms with Gasteiger partial charge in [0.05, 0.1) is 22.3 Å². The maximum atomic E-state index is 5.56. The molecule has 1 heterocycles. The van der Waals surface area contributed by atoms with E-state index in [1.165, 1.54) is 34.3 Å². The van der Waals surface area contributed by atoms with Gasteiger partial charge in [-0.25, -0.2) is 0 Å². The fourth-order valence-corrected chi connectivity index (χ4v) is 11.5. The first-order chi connectivity index (χ1) is 12.5. The summed E-state index contributed by atoms with van der Waals surface area (Å²) in [4.78, 5) is 0. The third-order valence-electron chi connectivity index (χ3n) is 6.78. The normalized spacial score (nSPS) is 16.1. The van der Waals surface area contributed by atoms with E-state index in [4.69, 9.17) is 9.47 Å². The number of benzene rings is 2. The molecule has 27 heavy (non-hydrogen) atoms. The summed E-state index contributed by atoms with van der Waals surface area (Å²) in [6.45, 7) is 14.8. The average molecular weight is 383 g/mol. The molecule has 0 spiro atoms. The number of ether oxygens (including phenoxy) is 2. The van der Waals surface area contributed by atoms with Crippen molar-refractivity contribution in [1.29, 1.82) is 0 Å². The maximum Gasteiger partial charge on any atom is 0.119 e. The van der Waals surface area contributed by atoms with Crippen molar-refractivity contribution in [3.63, 3.8) is 0 Å². The van der Waals surface area contributed by atoms with E-state index in [1.807, 2.05) is 0 Å². The van der Waals surface area contributed by atoms with Gasteiger partial charge in [0.15, 0.2) is 0 Å². The fraction of sp³-hybridized carbons (Fsp3) is 0.500. The molecule has 0 atom stereocenters. The number of hydrogen-bond donors (Lipinski definition) is 0. The van der Waals surface area contributed by atoms with Gasteiger partial charge in [-0.05, 0) is 68.7 Å². The summed E-state index contributed by atoms with van der Waals surface area (Å²) in [5.74, 6) is 1.84. The largest absolute Gasteiger partial charge is 0.497 e. The first-order valence-electron chi connectivity index (χ1n) is 9.87. The van der Waals surface area contributed by atoms with Gasteiger partial charge in [-0.15, -0.1) is 0 Å². The molecule has 3 rings (SSSR count). The number of fused-ring (bicyclic) bond motifs is 3. The van der Waals surface area contributed by atoms with E-state index in [2.05, 4.69) is 77.9 Å². The van der Waals surface area contributed by atoms with Crippen molar-refractivity contribution in [3.8, 4) is 22.6 Å². The first kappa shape index (κ1) is 20.0. The Bertz CT molecular complexity index is 769.